The van der Waals surface area contributed by atoms with Crippen molar-refractivity contribution in [2.24, 2.45) is 0 Å². The molecule has 4 heterocycles. The minimum Gasteiger partial charge on any atom is -0.367 e. The van der Waals surface area contributed by atoms with Gasteiger partial charge in [-0.15, -0.1) is 0 Å². The number of hydrogen-bond donors (Lipinski definition) is 1. The molecule has 0 aliphatic carbocycles. The van der Waals surface area contributed by atoms with E-state index in [0.717, 1.165) is 33.8 Å². The first-order valence-corrected chi connectivity index (χ1v) is 9.22. The predicted octanol–water partition coefficient (Wildman–Crippen LogP) is 3.86. The maximum atomic E-state index is 9.62. The first-order valence-electron chi connectivity index (χ1n) is 9.22. The second kappa shape index (κ2) is 6.77. The minimum atomic E-state index is 0.595. The second-order valence-electron chi connectivity index (χ2n) is 6.80. The van der Waals surface area contributed by atoms with Crippen LogP contribution in [0.5, 0.6) is 0 Å². The number of imidazole rings is 2. The molecule has 7 nitrogen and oxygen atoms in total. The molecule has 0 radical (unpaired) electrons. The Morgan fingerprint density at radius 1 is 1.14 bits per heavy atom. The minimum absolute atomic E-state index is 0.595. The Bertz CT molecular complexity index is 1370. The molecular formula is C22H17N7. The number of pyridine rings is 2. The average molecular weight is 379 g/mol. The van der Waals surface area contributed by atoms with Gasteiger partial charge in [0.2, 0.25) is 0 Å². The molecule has 0 aliphatic rings. The van der Waals surface area contributed by atoms with Crippen LogP contribution >= 0.6 is 0 Å². The van der Waals surface area contributed by atoms with Gasteiger partial charge in [-0.1, -0.05) is 12.1 Å². The van der Waals surface area contributed by atoms with Crippen LogP contribution in [0.4, 0.5) is 5.82 Å². The van der Waals surface area contributed by atoms with Crippen LogP contribution in [-0.4, -0.2) is 23.9 Å². The van der Waals surface area contributed by atoms with Gasteiger partial charge in [0.25, 0.3) is 0 Å². The Labute approximate surface area is 166 Å². The number of nitrogens with one attached hydrogen (secondary N) is 1. The van der Waals surface area contributed by atoms with Gasteiger partial charge in [0.15, 0.2) is 5.65 Å². The number of aryl methyl sites for hydroxylation is 1. The fourth-order valence-corrected chi connectivity index (χ4v) is 3.52. The van der Waals surface area contributed by atoms with Gasteiger partial charge < -0.3 is 5.32 Å². The monoisotopic (exact) mass is 379 g/mol. The Kier molecular flexibility index (Phi) is 3.96. The number of nitriles is 1. The molecule has 0 spiro atoms. The van der Waals surface area contributed by atoms with E-state index >= 15 is 0 Å². The van der Waals surface area contributed by atoms with Crippen LogP contribution in [0.2, 0.25) is 0 Å². The van der Waals surface area contributed by atoms with Gasteiger partial charge in [-0.2, -0.15) is 5.26 Å². The first-order chi connectivity index (χ1) is 14.2. The van der Waals surface area contributed by atoms with Gasteiger partial charge in [0.05, 0.1) is 16.6 Å². The van der Waals surface area contributed by atoms with Crippen molar-refractivity contribution in [1.29, 1.82) is 5.26 Å². The standard InChI is InChI=1S/C22H17N7/c1-15-10-21(26-13-16-6-7-25-20(11-16)28-9-8-24-14-28)29-19-5-3-2-4-18(19)27-22(29)17(15)12-23/h2-11,14,26H,13H2,1H3. The summed E-state index contributed by atoms with van der Waals surface area (Å²) in [5.74, 6) is 1.71. The zero-order chi connectivity index (χ0) is 19.8. The highest BCUT2D eigenvalue weighted by Crippen LogP contribution is 2.27. The van der Waals surface area contributed by atoms with Crippen molar-refractivity contribution >= 4 is 22.5 Å². The number of nitrogens with zero attached hydrogens (tertiary/aromatic N) is 6. The van der Waals surface area contributed by atoms with E-state index in [-0.39, 0.29) is 0 Å². The van der Waals surface area contributed by atoms with Crippen molar-refractivity contribution in [3.8, 4) is 11.9 Å². The predicted molar refractivity (Wildman–Crippen MR) is 111 cm³/mol. The molecule has 0 saturated heterocycles. The third-order valence-corrected chi connectivity index (χ3v) is 4.94. The first kappa shape index (κ1) is 17.0. The van der Waals surface area contributed by atoms with Gasteiger partial charge in [-0.3, -0.25) is 8.97 Å². The summed E-state index contributed by atoms with van der Waals surface area (Å²) in [5, 5.41) is 13.1. The quantitative estimate of drug-likeness (QED) is 0.513. The molecule has 4 aromatic heterocycles. The Morgan fingerprint density at radius 3 is 2.86 bits per heavy atom. The van der Waals surface area contributed by atoms with Crippen LogP contribution in [0.15, 0.2) is 67.4 Å². The highest BCUT2D eigenvalue weighted by atomic mass is 15.1. The van der Waals surface area contributed by atoms with Gasteiger partial charge >= 0.3 is 0 Å². The second-order valence-corrected chi connectivity index (χ2v) is 6.80. The third kappa shape index (κ3) is 2.87. The van der Waals surface area contributed by atoms with Crippen LogP contribution in [0.1, 0.15) is 16.7 Å². The van der Waals surface area contributed by atoms with E-state index in [0.29, 0.717) is 17.8 Å². The molecule has 0 fully saturated rings. The molecule has 140 valence electrons. The lowest BCUT2D eigenvalue weighted by molar-refractivity contribution is 0.975. The highest BCUT2D eigenvalue weighted by molar-refractivity contribution is 5.85. The van der Waals surface area contributed by atoms with E-state index in [1.54, 1.807) is 18.7 Å². The lowest BCUT2D eigenvalue weighted by atomic mass is 10.1. The molecule has 0 saturated carbocycles. The zero-order valence-electron chi connectivity index (χ0n) is 15.7. The molecule has 7 heteroatoms. The van der Waals surface area contributed by atoms with Crippen molar-refractivity contribution < 1.29 is 0 Å². The zero-order valence-corrected chi connectivity index (χ0v) is 15.7. The summed E-state index contributed by atoms with van der Waals surface area (Å²) in [6, 6.07) is 16.2. The van der Waals surface area contributed by atoms with Crippen molar-refractivity contribution in [1.82, 2.24) is 23.9 Å². The summed E-state index contributed by atoms with van der Waals surface area (Å²) in [4.78, 5) is 13.2. The molecule has 29 heavy (non-hydrogen) atoms. The summed E-state index contributed by atoms with van der Waals surface area (Å²) in [7, 11) is 0. The third-order valence-electron chi connectivity index (χ3n) is 4.94. The number of rotatable bonds is 4. The van der Waals surface area contributed by atoms with E-state index in [9.17, 15) is 5.26 Å². The lowest BCUT2D eigenvalue weighted by Gasteiger charge is -2.13. The highest BCUT2D eigenvalue weighted by Gasteiger charge is 2.15. The van der Waals surface area contributed by atoms with E-state index < -0.39 is 0 Å². The van der Waals surface area contributed by atoms with E-state index in [2.05, 4.69) is 21.4 Å². The van der Waals surface area contributed by atoms with Gasteiger partial charge in [0.1, 0.15) is 24.0 Å². The fraction of sp³-hybridized carbons (Fsp3) is 0.0909. The molecule has 1 aromatic carbocycles. The smallest absolute Gasteiger partial charge is 0.157 e. The summed E-state index contributed by atoms with van der Waals surface area (Å²) in [6.45, 7) is 2.55. The molecule has 0 amide bonds. The normalized spacial score (nSPS) is 11.0. The number of anilines is 1. The number of hydrogen-bond acceptors (Lipinski definition) is 5. The molecule has 5 aromatic rings. The SMILES string of the molecule is Cc1cc(NCc2ccnc(-n3ccnc3)c2)n2c(nc3ccccc32)c1C#N. The van der Waals surface area contributed by atoms with Gasteiger partial charge in [0, 0.05) is 25.1 Å². The number of fused-ring (bicyclic) bond motifs is 3. The number of aromatic nitrogens is 5. The van der Waals surface area contributed by atoms with Crippen LogP contribution < -0.4 is 5.32 Å². The van der Waals surface area contributed by atoms with Crippen LogP contribution in [0.25, 0.3) is 22.5 Å². The maximum Gasteiger partial charge on any atom is 0.157 e. The molecule has 0 bridgehead atoms. The molecule has 0 atom stereocenters. The Morgan fingerprint density at radius 2 is 2.03 bits per heavy atom. The summed E-state index contributed by atoms with van der Waals surface area (Å²) in [5.41, 5.74) is 5.08. The Hall–Kier alpha value is -4.18. The van der Waals surface area contributed by atoms with Crippen LogP contribution in [0, 0.1) is 18.3 Å². The van der Waals surface area contributed by atoms with E-state index in [4.69, 9.17) is 4.98 Å². The topological polar surface area (TPSA) is 83.8 Å². The van der Waals surface area contributed by atoms with Gasteiger partial charge in [-0.05, 0) is 48.4 Å². The van der Waals surface area contributed by atoms with Crippen molar-refractivity contribution in [2.45, 2.75) is 13.5 Å². The molecule has 5 rings (SSSR count). The van der Waals surface area contributed by atoms with Crippen LogP contribution in [-0.2, 0) is 6.54 Å². The summed E-state index contributed by atoms with van der Waals surface area (Å²) < 4.78 is 3.88. The molecule has 0 unspecified atom stereocenters. The van der Waals surface area contributed by atoms with E-state index in [1.807, 2.05) is 64.6 Å². The Balaban J connectivity index is 1.56. The van der Waals surface area contributed by atoms with E-state index in [1.165, 1.54) is 0 Å². The fourth-order valence-electron chi connectivity index (χ4n) is 3.52. The van der Waals surface area contributed by atoms with Crippen molar-refractivity contribution in [2.75, 3.05) is 5.32 Å². The average Bonchev–Trinajstić information content (AvgIpc) is 3.40. The summed E-state index contributed by atoms with van der Waals surface area (Å²) >= 11 is 0. The number of para-hydroxylation sites is 2. The van der Waals surface area contributed by atoms with Crippen LogP contribution in [0.3, 0.4) is 0 Å². The van der Waals surface area contributed by atoms with Crippen molar-refractivity contribution in [3.05, 3.63) is 84.1 Å². The largest absolute Gasteiger partial charge is 0.367 e. The summed E-state index contributed by atoms with van der Waals surface area (Å²) in [6.07, 6.45) is 7.11. The number of benzene rings is 1. The van der Waals surface area contributed by atoms with Crippen molar-refractivity contribution in [3.63, 3.8) is 0 Å². The molecular weight excluding hydrogens is 362 g/mol. The maximum absolute atomic E-state index is 9.62. The van der Waals surface area contributed by atoms with Gasteiger partial charge in [-0.25, -0.2) is 15.0 Å². The molecule has 1 N–H and O–H groups in total. The molecule has 0 aliphatic heterocycles. The lowest BCUT2D eigenvalue weighted by Crippen LogP contribution is -2.07.